The van der Waals surface area contributed by atoms with Gasteiger partial charge in [0.1, 0.15) is 0 Å². The lowest BCUT2D eigenvalue weighted by Crippen LogP contribution is -2.40. The van der Waals surface area contributed by atoms with Gasteiger partial charge in [-0.15, -0.1) is 12.6 Å². The van der Waals surface area contributed by atoms with E-state index in [1.807, 2.05) is 24.3 Å². The van der Waals surface area contributed by atoms with Crippen molar-refractivity contribution in [3.05, 3.63) is 35.9 Å². The Kier molecular flexibility index (Phi) is 2.00. The summed E-state index contributed by atoms with van der Waals surface area (Å²) in [4.78, 5) is 9.60. The zero-order valence-corrected chi connectivity index (χ0v) is 8.16. The summed E-state index contributed by atoms with van der Waals surface area (Å²) in [7, 11) is 0. The van der Waals surface area contributed by atoms with Gasteiger partial charge < -0.3 is 10.4 Å². The van der Waals surface area contributed by atoms with Crippen LogP contribution in [-0.2, 0) is 4.79 Å². The lowest BCUT2D eigenvalue weighted by molar-refractivity contribution is -0.137. The first-order valence-corrected chi connectivity index (χ1v) is 4.59. The minimum atomic E-state index is -1.30. The van der Waals surface area contributed by atoms with Crippen LogP contribution >= 0.6 is 12.6 Å². The van der Waals surface area contributed by atoms with Crippen LogP contribution in [0, 0.1) is 0 Å². The van der Waals surface area contributed by atoms with Crippen molar-refractivity contribution in [2.75, 3.05) is 5.32 Å². The molecule has 0 amide bonds. The molecule has 1 aliphatic rings. The van der Waals surface area contributed by atoms with Gasteiger partial charge >= 0.3 is 5.97 Å². The van der Waals surface area contributed by atoms with Gasteiger partial charge in [0.2, 0.25) is 0 Å². The average Bonchev–Trinajstić information content (AvgIpc) is 2.17. The van der Waals surface area contributed by atoms with Crippen LogP contribution in [0.2, 0.25) is 0 Å². The van der Waals surface area contributed by atoms with Crippen molar-refractivity contribution in [2.24, 2.45) is 0 Å². The molecule has 1 unspecified atom stereocenters. The van der Waals surface area contributed by atoms with E-state index in [2.05, 4.69) is 17.9 Å². The second-order valence-corrected chi connectivity index (χ2v) is 3.82. The van der Waals surface area contributed by atoms with E-state index in [-0.39, 0.29) is 0 Å². The fraction of sp³-hybridized carbons (Fsp3) is 0.100. The number of para-hydroxylation sites is 1. The maximum Gasteiger partial charge on any atom is 0.343 e. The molecule has 0 fully saturated rings. The molecule has 0 aromatic heterocycles. The fourth-order valence-electron chi connectivity index (χ4n) is 1.34. The van der Waals surface area contributed by atoms with Crippen LogP contribution in [0.3, 0.4) is 0 Å². The zero-order valence-electron chi connectivity index (χ0n) is 7.27. The van der Waals surface area contributed by atoms with Gasteiger partial charge in [-0.3, -0.25) is 0 Å². The standard InChI is InChI=1S/C10H9NO2S/c12-9(13)10(14)6-5-7-3-1-2-4-8(7)11-10/h1-6,11,14H,(H,12,13). The highest BCUT2D eigenvalue weighted by molar-refractivity contribution is 7.83. The number of benzene rings is 1. The summed E-state index contributed by atoms with van der Waals surface area (Å²) in [5.41, 5.74) is 1.76. The van der Waals surface area contributed by atoms with Gasteiger partial charge in [0.25, 0.3) is 0 Å². The lowest BCUT2D eigenvalue weighted by Gasteiger charge is -2.27. The Morgan fingerprint density at radius 1 is 1.43 bits per heavy atom. The largest absolute Gasteiger partial charge is 0.479 e. The van der Waals surface area contributed by atoms with Crippen molar-refractivity contribution >= 4 is 30.4 Å². The first-order chi connectivity index (χ1) is 6.62. The van der Waals surface area contributed by atoms with E-state index in [1.54, 1.807) is 6.08 Å². The van der Waals surface area contributed by atoms with Crippen molar-refractivity contribution < 1.29 is 9.90 Å². The van der Waals surface area contributed by atoms with Crippen molar-refractivity contribution in [3.63, 3.8) is 0 Å². The number of carboxylic acids is 1. The van der Waals surface area contributed by atoms with Crippen LogP contribution in [0.4, 0.5) is 5.69 Å². The quantitative estimate of drug-likeness (QED) is 0.616. The Balaban J connectivity index is 2.43. The molecule has 2 rings (SSSR count). The van der Waals surface area contributed by atoms with Crippen molar-refractivity contribution in [1.29, 1.82) is 0 Å². The van der Waals surface area contributed by atoms with Gasteiger partial charge in [-0.25, -0.2) is 4.79 Å². The summed E-state index contributed by atoms with van der Waals surface area (Å²) in [6, 6.07) is 7.49. The third-order valence-electron chi connectivity index (χ3n) is 2.12. The van der Waals surface area contributed by atoms with Crippen LogP contribution in [-0.4, -0.2) is 15.9 Å². The molecule has 4 heteroatoms. The van der Waals surface area contributed by atoms with Gasteiger partial charge in [0.05, 0.1) is 0 Å². The number of thiol groups is 1. The molecule has 0 aliphatic carbocycles. The maximum absolute atomic E-state index is 10.9. The average molecular weight is 207 g/mol. The van der Waals surface area contributed by atoms with Crippen molar-refractivity contribution in [3.8, 4) is 0 Å². The maximum atomic E-state index is 10.9. The van der Waals surface area contributed by atoms with E-state index in [1.165, 1.54) is 6.08 Å². The Morgan fingerprint density at radius 3 is 2.86 bits per heavy atom. The summed E-state index contributed by atoms with van der Waals surface area (Å²) in [6.07, 6.45) is 3.29. The molecular weight excluding hydrogens is 198 g/mol. The Morgan fingerprint density at radius 2 is 2.14 bits per heavy atom. The second kappa shape index (κ2) is 3.06. The second-order valence-electron chi connectivity index (χ2n) is 3.12. The van der Waals surface area contributed by atoms with E-state index in [0.29, 0.717) is 0 Å². The zero-order chi connectivity index (χ0) is 10.2. The lowest BCUT2D eigenvalue weighted by atomic mass is 10.1. The molecule has 3 nitrogen and oxygen atoms in total. The smallest absolute Gasteiger partial charge is 0.343 e. The van der Waals surface area contributed by atoms with Gasteiger partial charge in [-0.05, 0) is 17.7 Å². The number of fused-ring (bicyclic) bond motifs is 1. The van der Waals surface area contributed by atoms with E-state index in [0.717, 1.165) is 11.3 Å². The number of nitrogens with one attached hydrogen (secondary N) is 1. The molecule has 1 heterocycles. The highest BCUT2D eigenvalue weighted by Crippen LogP contribution is 2.30. The van der Waals surface area contributed by atoms with Crippen LogP contribution in [0.15, 0.2) is 30.3 Å². The number of carbonyl (C=O) groups is 1. The summed E-state index contributed by atoms with van der Waals surface area (Å²) < 4.78 is 0. The molecule has 0 bridgehead atoms. The molecule has 72 valence electrons. The number of carboxylic acid groups (broad SMARTS) is 1. The number of anilines is 1. The molecule has 1 atom stereocenters. The highest BCUT2D eigenvalue weighted by Gasteiger charge is 2.33. The molecule has 0 radical (unpaired) electrons. The summed E-state index contributed by atoms with van der Waals surface area (Å²) in [5, 5.41) is 11.8. The van der Waals surface area contributed by atoms with Crippen molar-refractivity contribution in [2.45, 2.75) is 4.87 Å². The number of aliphatic carboxylic acids is 1. The molecule has 2 N–H and O–H groups in total. The van der Waals surface area contributed by atoms with E-state index in [9.17, 15) is 4.79 Å². The van der Waals surface area contributed by atoms with Crippen LogP contribution in [0.1, 0.15) is 5.56 Å². The highest BCUT2D eigenvalue weighted by atomic mass is 32.1. The SMILES string of the molecule is O=C(O)C1(S)C=Cc2ccccc2N1. The van der Waals surface area contributed by atoms with Crippen LogP contribution in [0.25, 0.3) is 6.08 Å². The topological polar surface area (TPSA) is 49.3 Å². The molecule has 0 spiro atoms. The number of hydrogen-bond donors (Lipinski definition) is 3. The Bertz CT molecular complexity index is 416. The van der Waals surface area contributed by atoms with Crippen molar-refractivity contribution in [1.82, 2.24) is 0 Å². The molecule has 1 aromatic rings. The minimum absolute atomic E-state index is 0.785. The van der Waals surface area contributed by atoms with Gasteiger partial charge in [0.15, 0.2) is 4.87 Å². The Labute approximate surface area is 86.9 Å². The third-order valence-corrected chi connectivity index (χ3v) is 2.57. The molecule has 1 aromatic carbocycles. The molecule has 0 saturated heterocycles. The predicted octanol–water partition coefficient (Wildman–Crippen LogP) is 1.84. The van der Waals surface area contributed by atoms with E-state index in [4.69, 9.17) is 5.11 Å². The van der Waals surface area contributed by atoms with E-state index < -0.39 is 10.8 Å². The van der Waals surface area contributed by atoms with Crippen LogP contribution in [0.5, 0.6) is 0 Å². The number of rotatable bonds is 1. The predicted molar refractivity (Wildman–Crippen MR) is 58.5 cm³/mol. The van der Waals surface area contributed by atoms with Crippen LogP contribution < -0.4 is 5.32 Å². The Hall–Kier alpha value is -1.42. The molecular formula is C10H9NO2S. The first-order valence-electron chi connectivity index (χ1n) is 4.14. The molecule has 1 aliphatic heterocycles. The van der Waals surface area contributed by atoms with E-state index >= 15 is 0 Å². The normalized spacial score (nSPS) is 23.8. The summed E-state index contributed by atoms with van der Waals surface area (Å²) >= 11 is 4.07. The molecule has 14 heavy (non-hydrogen) atoms. The minimum Gasteiger partial charge on any atom is -0.479 e. The van der Waals surface area contributed by atoms with Gasteiger partial charge in [-0.1, -0.05) is 24.3 Å². The molecule has 0 saturated carbocycles. The third kappa shape index (κ3) is 1.37. The monoisotopic (exact) mass is 207 g/mol. The summed E-state index contributed by atoms with van der Waals surface area (Å²) in [5.74, 6) is -1.01. The van der Waals surface area contributed by atoms with Gasteiger partial charge in [0, 0.05) is 5.69 Å². The fourth-order valence-corrected chi connectivity index (χ4v) is 1.53. The summed E-state index contributed by atoms with van der Waals surface area (Å²) in [6.45, 7) is 0. The van der Waals surface area contributed by atoms with Gasteiger partial charge in [-0.2, -0.15) is 0 Å². The number of hydrogen-bond acceptors (Lipinski definition) is 3. The first kappa shape index (κ1) is 9.15.